The first kappa shape index (κ1) is 22.2. The molecule has 0 saturated carbocycles. The number of pyridine rings is 1. The van der Waals surface area contributed by atoms with Gasteiger partial charge in [-0.05, 0) is 23.8 Å². The van der Waals surface area contributed by atoms with Gasteiger partial charge in [-0.1, -0.05) is 0 Å². The van der Waals surface area contributed by atoms with Crippen molar-refractivity contribution in [1.29, 1.82) is 0 Å². The molecule has 3 saturated heterocycles. The van der Waals surface area contributed by atoms with E-state index in [0.717, 1.165) is 5.56 Å². The number of hydrogen-bond donors (Lipinski definition) is 2. The van der Waals surface area contributed by atoms with E-state index in [1.54, 1.807) is 41.4 Å². The fourth-order valence-electron chi connectivity index (χ4n) is 4.41. The number of nitrogens with zero attached hydrogens (tertiary/aromatic N) is 4. The van der Waals surface area contributed by atoms with Crippen LogP contribution in [0.15, 0.2) is 36.8 Å². The quantitative estimate of drug-likeness (QED) is 0.380. The average Bonchev–Trinajstić information content (AvgIpc) is 3.52. The Kier molecular flexibility index (Phi) is 5.34. The zero-order chi connectivity index (χ0) is 24.2. The summed E-state index contributed by atoms with van der Waals surface area (Å²) in [5, 5.41) is 0.555. The molecule has 0 amide bonds. The molecule has 14 nitrogen and oxygen atoms in total. The Bertz CT molecular complexity index is 1320. The van der Waals surface area contributed by atoms with Gasteiger partial charge in [-0.3, -0.25) is 18.6 Å². The van der Waals surface area contributed by atoms with Crippen LogP contribution in [-0.2, 0) is 32.3 Å². The van der Waals surface area contributed by atoms with Crippen molar-refractivity contribution in [2.45, 2.75) is 37.1 Å². The van der Waals surface area contributed by atoms with E-state index in [1.807, 2.05) is 0 Å². The Morgan fingerprint density at radius 2 is 1.94 bits per heavy atom. The first-order chi connectivity index (χ1) is 16.9. The molecule has 6 atom stereocenters. The van der Waals surface area contributed by atoms with E-state index >= 15 is 0 Å². The van der Waals surface area contributed by atoms with Gasteiger partial charge in [0, 0.05) is 25.0 Å². The molecule has 6 rings (SSSR count). The predicted octanol–water partition coefficient (Wildman–Crippen LogP) is 2.09. The number of nitrogen functional groups attached to an aromatic ring is 2. The maximum Gasteiger partial charge on any atom is 0.509 e. The van der Waals surface area contributed by atoms with Gasteiger partial charge in [-0.2, -0.15) is 9.97 Å². The lowest BCUT2D eigenvalue weighted by Crippen LogP contribution is -2.32. The lowest BCUT2D eigenvalue weighted by molar-refractivity contribution is -0.0743. The zero-order valence-electron chi connectivity index (χ0n) is 18.1. The monoisotopic (exact) mass is 504 g/mol. The van der Waals surface area contributed by atoms with Crippen LogP contribution in [0.25, 0.3) is 11.0 Å². The van der Waals surface area contributed by atoms with E-state index in [4.69, 9.17) is 39.2 Å². The molecule has 3 aliphatic heterocycles. The van der Waals surface area contributed by atoms with E-state index in [2.05, 4.69) is 15.0 Å². The van der Waals surface area contributed by atoms with Crippen molar-refractivity contribution in [1.82, 2.24) is 19.5 Å². The Morgan fingerprint density at radius 3 is 2.77 bits per heavy atom. The molecule has 1 unspecified atom stereocenters. The zero-order valence-corrected chi connectivity index (χ0v) is 19.0. The van der Waals surface area contributed by atoms with Crippen LogP contribution in [0.2, 0.25) is 0 Å². The molecule has 0 aromatic carbocycles. The number of carbonyl (C=O) groups excluding carboxylic acids is 1. The van der Waals surface area contributed by atoms with Gasteiger partial charge >= 0.3 is 14.0 Å². The van der Waals surface area contributed by atoms with Crippen LogP contribution in [0.3, 0.4) is 0 Å². The van der Waals surface area contributed by atoms with Crippen molar-refractivity contribution >= 4 is 36.8 Å². The Balaban J connectivity index is 1.21. The predicted molar refractivity (Wildman–Crippen MR) is 118 cm³/mol. The van der Waals surface area contributed by atoms with Crippen molar-refractivity contribution in [2.75, 3.05) is 24.7 Å². The average molecular weight is 504 g/mol. The first-order valence-electron chi connectivity index (χ1n) is 10.8. The Hall–Kier alpha value is -3.29. The van der Waals surface area contributed by atoms with Gasteiger partial charge in [0.05, 0.1) is 24.7 Å². The lowest BCUT2D eigenvalue weighted by atomic mass is 10.1. The van der Waals surface area contributed by atoms with Crippen molar-refractivity contribution in [3.05, 3.63) is 42.4 Å². The summed E-state index contributed by atoms with van der Waals surface area (Å²) < 4.78 is 48.2. The summed E-state index contributed by atoms with van der Waals surface area (Å²) in [7, 11) is -3.91. The van der Waals surface area contributed by atoms with E-state index < -0.39 is 44.6 Å². The molecule has 0 bridgehead atoms. The second kappa shape index (κ2) is 8.43. The smallest absolute Gasteiger partial charge is 0.424 e. The van der Waals surface area contributed by atoms with Gasteiger partial charge < -0.3 is 30.2 Å². The standard InChI is InChI=1S/C20H21N6O8P/c21-16-11-3-7-26(17(11)25-19(22)24-16)18-15-14(32-20(27)33-15)13(31-18)9-30-35(28)29-8-4-12(34-35)10-1-5-23-6-2-10/h1-3,5-7,12-15,18H,4,8-9H2,(H4,21,22,24,25)/t12-,13+,14+,15+,18+,35?/m0/s1. The van der Waals surface area contributed by atoms with Gasteiger partial charge in [0.1, 0.15) is 17.6 Å². The van der Waals surface area contributed by atoms with Crippen molar-refractivity contribution < 1.29 is 37.1 Å². The van der Waals surface area contributed by atoms with Gasteiger partial charge in [-0.25, -0.2) is 9.36 Å². The van der Waals surface area contributed by atoms with Gasteiger partial charge in [0.25, 0.3) is 0 Å². The highest BCUT2D eigenvalue weighted by Crippen LogP contribution is 2.57. The van der Waals surface area contributed by atoms with E-state index in [9.17, 15) is 9.36 Å². The highest BCUT2D eigenvalue weighted by atomic mass is 31.2. The van der Waals surface area contributed by atoms with Crippen LogP contribution in [0, 0.1) is 0 Å². The number of carbonyl (C=O) groups is 1. The number of hydrogen-bond acceptors (Lipinski definition) is 13. The molecule has 3 fully saturated rings. The number of aromatic nitrogens is 4. The van der Waals surface area contributed by atoms with Crippen LogP contribution in [0.5, 0.6) is 0 Å². The highest BCUT2D eigenvalue weighted by molar-refractivity contribution is 7.48. The maximum atomic E-state index is 13.2. The molecule has 4 N–H and O–H groups in total. The fourth-order valence-corrected chi connectivity index (χ4v) is 5.81. The number of fused-ring (bicyclic) bond motifs is 2. The summed E-state index contributed by atoms with van der Waals surface area (Å²) >= 11 is 0. The summed E-state index contributed by atoms with van der Waals surface area (Å²) in [5.41, 5.74) is 12.9. The molecule has 0 aliphatic carbocycles. The summed E-state index contributed by atoms with van der Waals surface area (Å²) in [6, 6.07) is 5.25. The summed E-state index contributed by atoms with van der Waals surface area (Å²) in [6.45, 7) is -0.0619. The molecular formula is C20H21N6O8P. The van der Waals surface area contributed by atoms with Crippen molar-refractivity contribution in [3.63, 3.8) is 0 Å². The third kappa shape index (κ3) is 3.98. The van der Waals surface area contributed by atoms with Crippen LogP contribution < -0.4 is 11.5 Å². The van der Waals surface area contributed by atoms with Gasteiger partial charge in [-0.15, -0.1) is 0 Å². The lowest BCUT2D eigenvalue weighted by Gasteiger charge is -2.29. The number of rotatable bonds is 5. The Morgan fingerprint density at radius 1 is 1.14 bits per heavy atom. The normalized spacial score (nSPS) is 32.3. The Labute approximate surface area is 198 Å². The molecule has 3 aromatic heterocycles. The van der Waals surface area contributed by atoms with Crippen LogP contribution in [0.4, 0.5) is 16.6 Å². The summed E-state index contributed by atoms with van der Waals surface area (Å²) in [4.78, 5) is 24.1. The molecule has 0 radical (unpaired) electrons. The molecule has 15 heteroatoms. The van der Waals surface area contributed by atoms with Crippen LogP contribution >= 0.6 is 7.82 Å². The highest BCUT2D eigenvalue weighted by Gasteiger charge is 2.56. The number of anilines is 2. The maximum absolute atomic E-state index is 13.2. The summed E-state index contributed by atoms with van der Waals surface area (Å²) in [5.74, 6) is 0.186. The minimum atomic E-state index is -3.91. The second-order valence-corrected chi connectivity index (χ2v) is 9.77. The third-order valence-corrected chi connectivity index (χ3v) is 7.48. The largest absolute Gasteiger partial charge is 0.509 e. The molecule has 184 valence electrons. The SMILES string of the molecule is Nc1nc(N)c2ccn([C@@H]3O[C@H](COP4(=O)OCC[C@@H](c5ccncc5)O4)[C@H]4OC(=O)O[C@H]43)c2n1. The minimum Gasteiger partial charge on any atom is -0.424 e. The van der Waals surface area contributed by atoms with Gasteiger partial charge in [0.15, 0.2) is 18.4 Å². The van der Waals surface area contributed by atoms with E-state index in [1.165, 1.54) is 0 Å². The molecule has 0 spiro atoms. The number of phosphoric ester groups is 1. The van der Waals surface area contributed by atoms with Crippen molar-refractivity contribution in [2.24, 2.45) is 0 Å². The molecule has 6 heterocycles. The number of nitrogens with two attached hydrogens (primary N) is 2. The summed E-state index contributed by atoms with van der Waals surface area (Å²) in [6.07, 6.45) is 0.795. The van der Waals surface area contributed by atoms with Crippen molar-refractivity contribution in [3.8, 4) is 0 Å². The topological polar surface area (TPSA) is 185 Å². The molecule has 35 heavy (non-hydrogen) atoms. The van der Waals surface area contributed by atoms with Crippen LogP contribution in [-0.4, -0.2) is 57.2 Å². The first-order valence-corrected chi connectivity index (χ1v) is 12.3. The second-order valence-electron chi connectivity index (χ2n) is 8.15. The third-order valence-electron chi connectivity index (χ3n) is 6.00. The fraction of sp³-hybridized carbons (Fsp3) is 0.400. The van der Waals surface area contributed by atoms with E-state index in [-0.39, 0.29) is 25.0 Å². The number of phosphoric acid groups is 1. The van der Waals surface area contributed by atoms with Crippen LogP contribution in [0.1, 0.15) is 24.3 Å². The van der Waals surface area contributed by atoms with Gasteiger partial charge in [0.2, 0.25) is 5.95 Å². The molecule has 3 aromatic rings. The minimum absolute atomic E-state index is 0.0162. The number of ether oxygens (including phenoxy) is 3. The van der Waals surface area contributed by atoms with E-state index in [0.29, 0.717) is 17.5 Å². The molecule has 3 aliphatic rings. The molecular weight excluding hydrogens is 483 g/mol.